The largest absolute Gasteiger partial charge is 0.480 e. The van der Waals surface area contributed by atoms with E-state index >= 15 is 0 Å². The normalized spacial score (nSPS) is 20.1. The molecule has 150 valence electrons. The average Bonchev–Trinajstić information content (AvgIpc) is 3.23. The number of piperazine rings is 1. The lowest BCUT2D eigenvalue weighted by Gasteiger charge is -2.34. The van der Waals surface area contributed by atoms with Crippen LogP contribution in [0, 0.1) is 6.92 Å². The van der Waals surface area contributed by atoms with Crippen molar-refractivity contribution in [1.29, 1.82) is 0 Å². The molecular formula is C17H18ClN3O5S2. The number of fused-ring (bicyclic) bond motifs is 1. The Morgan fingerprint density at radius 3 is 2.64 bits per heavy atom. The van der Waals surface area contributed by atoms with Crippen LogP contribution in [0.2, 0.25) is 5.02 Å². The Hall–Kier alpha value is -1.88. The van der Waals surface area contributed by atoms with Crippen molar-refractivity contribution in [2.45, 2.75) is 23.7 Å². The summed E-state index contributed by atoms with van der Waals surface area (Å²) in [6.07, 6.45) is -0.169. The third-order valence-electron chi connectivity index (χ3n) is 4.88. The minimum atomic E-state index is -3.75. The maximum absolute atomic E-state index is 12.8. The number of rotatable bonds is 3. The fourth-order valence-electron chi connectivity index (χ4n) is 3.46. The second-order valence-electron chi connectivity index (χ2n) is 6.72. The molecule has 2 aliphatic heterocycles. The molecule has 0 saturated carbocycles. The summed E-state index contributed by atoms with van der Waals surface area (Å²) in [5.74, 6) is 0.494. The van der Waals surface area contributed by atoms with E-state index in [0.717, 1.165) is 5.56 Å². The number of hydrogen-bond donors (Lipinski definition) is 1. The fraction of sp³-hybridized carbons (Fsp3) is 0.412. The van der Waals surface area contributed by atoms with Crippen LogP contribution in [0.3, 0.4) is 0 Å². The molecule has 1 aromatic heterocycles. The Morgan fingerprint density at radius 1 is 1.29 bits per heavy atom. The number of ether oxygens (including phenoxy) is 1. The molecule has 11 heteroatoms. The van der Waals surface area contributed by atoms with Crippen LogP contribution in [0.15, 0.2) is 27.2 Å². The number of aryl methyl sites for hydroxylation is 1. The van der Waals surface area contributed by atoms with Crippen molar-refractivity contribution in [2.75, 3.05) is 26.2 Å². The molecule has 1 fully saturated rings. The maximum Gasteiger partial charge on any atom is 0.305 e. The summed E-state index contributed by atoms with van der Waals surface area (Å²) < 4.78 is 32.6. The fourth-order valence-corrected chi connectivity index (χ4v) is 6.51. The van der Waals surface area contributed by atoms with Crippen LogP contribution in [0.1, 0.15) is 11.3 Å². The SMILES string of the molecule is Cc1[nH]c(=O)sc1S(=O)(=O)N1CCN(C(=O)C2Cc3cc(Cl)ccc3O2)CC1. The summed E-state index contributed by atoms with van der Waals surface area (Å²) in [6.45, 7) is 2.45. The second-order valence-corrected chi connectivity index (χ2v) is 10.3. The van der Waals surface area contributed by atoms with E-state index in [1.54, 1.807) is 30.0 Å². The van der Waals surface area contributed by atoms with E-state index in [9.17, 15) is 18.0 Å². The first kappa shape index (κ1) is 19.4. The first-order chi connectivity index (χ1) is 13.3. The molecule has 1 saturated heterocycles. The first-order valence-electron chi connectivity index (χ1n) is 8.69. The van der Waals surface area contributed by atoms with E-state index in [1.807, 2.05) is 0 Å². The second kappa shape index (κ2) is 7.18. The summed E-state index contributed by atoms with van der Waals surface area (Å²) in [7, 11) is -3.75. The molecule has 1 atom stereocenters. The van der Waals surface area contributed by atoms with Gasteiger partial charge in [-0.15, -0.1) is 0 Å². The number of thiazole rings is 1. The van der Waals surface area contributed by atoms with Crippen molar-refractivity contribution in [3.05, 3.63) is 44.1 Å². The topological polar surface area (TPSA) is 99.8 Å². The highest BCUT2D eigenvalue weighted by atomic mass is 35.5. The van der Waals surface area contributed by atoms with Crippen molar-refractivity contribution in [3.8, 4) is 5.75 Å². The predicted molar refractivity (Wildman–Crippen MR) is 105 cm³/mol. The molecule has 0 radical (unpaired) electrons. The highest BCUT2D eigenvalue weighted by Gasteiger charge is 2.37. The van der Waals surface area contributed by atoms with E-state index < -0.39 is 21.0 Å². The third kappa shape index (κ3) is 3.45. The lowest BCUT2D eigenvalue weighted by molar-refractivity contribution is -0.139. The van der Waals surface area contributed by atoms with Crippen molar-refractivity contribution in [2.24, 2.45) is 0 Å². The summed E-state index contributed by atoms with van der Waals surface area (Å²) in [5, 5.41) is 0.594. The molecule has 2 aliphatic rings. The Kier molecular flexibility index (Phi) is 4.98. The number of nitrogens with one attached hydrogen (secondary N) is 1. The molecule has 1 aromatic carbocycles. The van der Waals surface area contributed by atoms with E-state index in [2.05, 4.69) is 4.98 Å². The van der Waals surface area contributed by atoms with Crippen LogP contribution >= 0.6 is 22.9 Å². The molecule has 4 rings (SSSR count). The number of aromatic nitrogens is 1. The number of carbonyl (C=O) groups excluding carboxylic acids is 1. The molecule has 1 unspecified atom stereocenters. The lowest BCUT2D eigenvalue weighted by atomic mass is 10.1. The van der Waals surface area contributed by atoms with Gasteiger partial charge in [-0.1, -0.05) is 22.9 Å². The Morgan fingerprint density at radius 2 is 2.00 bits per heavy atom. The van der Waals surface area contributed by atoms with Gasteiger partial charge in [0.05, 0.1) is 0 Å². The van der Waals surface area contributed by atoms with Crippen molar-refractivity contribution >= 4 is 38.9 Å². The van der Waals surface area contributed by atoms with Gasteiger partial charge in [0.2, 0.25) is 0 Å². The lowest BCUT2D eigenvalue weighted by Crippen LogP contribution is -2.53. The minimum Gasteiger partial charge on any atom is -0.480 e. The van der Waals surface area contributed by atoms with Gasteiger partial charge >= 0.3 is 4.87 Å². The molecule has 1 amide bonds. The quantitative estimate of drug-likeness (QED) is 0.769. The highest BCUT2D eigenvalue weighted by molar-refractivity contribution is 7.91. The van der Waals surface area contributed by atoms with Crippen molar-refractivity contribution in [3.63, 3.8) is 0 Å². The summed E-state index contributed by atoms with van der Waals surface area (Å²) >= 11 is 6.67. The molecule has 3 heterocycles. The van der Waals surface area contributed by atoms with Gasteiger partial charge in [0.15, 0.2) is 10.3 Å². The zero-order valence-electron chi connectivity index (χ0n) is 15.0. The molecule has 0 bridgehead atoms. The van der Waals surface area contributed by atoms with Gasteiger partial charge in [-0.05, 0) is 30.7 Å². The number of nitrogens with zero attached hydrogens (tertiary/aromatic N) is 2. The molecule has 0 aliphatic carbocycles. The van der Waals surface area contributed by atoms with Gasteiger partial charge in [-0.3, -0.25) is 9.59 Å². The Labute approximate surface area is 170 Å². The summed E-state index contributed by atoms with van der Waals surface area (Å²) in [4.78, 5) is 28.0. The molecule has 28 heavy (non-hydrogen) atoms. The number of sulfonamides is 1. The van der Waals surface area contributed by atoms with E-state index in [4.69, 9.17) is 16.3 Å². The van der Waals surface area contributed by atoms with Gasteiger partial charge in [-0.25, -0.2) is 8.42 Å². The number of amides is 1. The van der Waals surface area contributed by atoms with E-state index in [1.165, 1.54) is 4.31 Å². The Balaban J connectivity index is 1.41. The van der Waals surface area contributed by atoms with Crippen LogP contribution in [0.25, 0.3) is 0 Å². The van der Waals surface area contributed by atoms with Gasteiger partial charge < -0.3 is 14.6 Å². The maximum atomic E-state index is 12.8. The standard InChI is InChI=1S/C17H18ClN3O5S2/c1-10-16(27-17(23)19-10)28(24,25)21-6-4-20(5-7-21)15(22)14-9-11-8-12(18)2-3-13(11)26-14/h2-3,8,14H,4-7,9H2,1H3,(H,19,23). The molecular weight excluding hydrogens is 426 g/mol. The number of carbonyl (C=O) groups is 1. The predicted octanol–water partition coefficient (Wildman–Crippen LogP) is 1.23. The Bertz CT molecular complexity index is 1090. The van der Waals surface area contributed by atoms with Gasteiger partial charge in [0.1, 0.15) is 5.75 Å². The van der Waals surface area contributed by atoms with Crippen molar-refractivity contribution in [1.82, 2.24) is 14.2 Å². The van der Waals surface area contributed by atoms with Crippen molar-refractivity contribution < 1.29 is 17.9 Å². The van der Waals surface area contributed by atoms with Crippen LogP contribution < -0.4 is 9.61 Å². The highest BCUT2D eigenvalue weighted by Crippen LogP contribution is 2.32. The molecule has 0 spiro atoms. The van der Waals surface area contributed by atoms with Gasteiger partial charge in [0, 0.05) is 43.3 Å². The van der Waals surface area contributed by atoms with Crippen LogP contribution in [0.5, 0.6) is 5.75 Å². The number of aromatic amines is 1. The number of benzene rings is 1. The van der Waals surface area contributed by atoms with Crippen LogP contribution in [-0.2, 0) is 21.2 Å². The monoisotopic (exact) mass is 443 g/mol. The molecule has 8 nitrogen and oxygen atoms in total. The van der Waals surface area contributed by atoms with Crippen LogP contribution in [-0.4, -0.2) is 60.8 Å². The van der Waals surface area contributed by atoms with Gasteiger partial charge in [-0.2, -0.15) is 4.31 Å². The van der Waals surface area contributed by atoms with Crippen LogP contribution in [0.4, 0.5) is 0 Å². The first-order valence-corrected chi connectivity index (χ1v) is 11.3. The summed E-state index contributed by atoms with van der Waals surface area (Å²) in [5.41, 5.74) is 1.23. The number of H-pyrrole nitrogens is 1. The van der Waals surface area contributed by atoms with Gasteiger partial charge in [0.25, 0.3) is 15.9 Å². The zero-order valence-corrected chi connectivity index (χ0v) is 17.4. The molecule has 1 N–H and O–H groups in total. The summed E-state index contributed by atoms with van der Waals surface area (Å²) in [6, 6.07) is 5.26. The smallest absolute Gasteiger partial charge is 0.305 e. The minimum absolute atomic E-state index is 0.0312. The third-order valence-corrected chi connectivity index (χ3v) is 8.59. The number of halogens is 1. The van der Waals surface area contributed by atoms with E-state index in [-0.39, 0.29) is 36.3 Å². The zero-order chi connectivity index (χ0) is 20.1. The average molecular weight is 444 g/mol. The molecule has 2 aromatic rings. The van der Waals surface area contributed by atoms with E-state index in [0.29, 0.717) is 34.2 Å². The number of hydrogen-bond acceptors (Lipinski definition) is 6.